The zero-order valence-electron chi connectivity index (χ0n) is 6.13. The van der Waals surface area contributed by atoms with Crippen LogP contribution >= 0.6 is 11.6 Å². The molecule has 1 nitrogen and oxygen atoms in total. The van der Waals surface area contributed by atoms with E-state index in [1.54, 1.807) is 18.2 Å². The molecule has 0 aliphatic rings. The molecule has 0 aliphatic heterocycles. The van der Waals surface area contributed by atoms with Crippen molar-refractivity contribution in [1.82, 2.24) is 0 Å². The zero-order valence-corrected chi connectivity index (χ0v) is 6.88. The molecule has 0 spiro atoms. The molecule has 0 saturated heterocycles. The van der Waals surface area contributed by atoms with Crippen molar-refractivity contribution in [3.8, 4) is 0 Å². The minimum Gasteiger partial charge on any atom is -0.276 e. The highest BCUT2D eigenvalue weighted by atomic mass is 35.5. The van der Waals surface area contributed by atoms with E-state index < -0.39 is 5.24 Å². The molecule has 1 aromatic carbocycles. The molecule has 0 fully saturated rings. The minimum absolute atomic E-state index is 0.353. The van der Waals surface area contributed by atoms with Crippen LogP contribution in [-0.4, -0.2) is 5.24 Å². The number of allylic oxidation sites excluding steroid dienone is 1. The maximum atomic E-state index is 12.8. The lowest BCUT2D eigenvalue weighted by Crippen LogP contribution is -1.81. The first kappa shape index (κ1) is 8.94. The van der Waals surface area contributed by atoms with Gasteiger partial charge in [-0.1, -0.05) is 18.2 Å². The van der Waals surface area contributed by atoms with E-state index in [9.17, 15) is 9.18 Å². The van der Waals surface area contributed by atoms with E-state index in [4.69, 9.17) is 11.6 Å². The van der Waals surface area contributed by atoms with Crippen molar-refractivity contribution in [2.75, 3.05) is 0 Å². The molecule has 0 heterocycles. The monoisotopic (exact) mass is 184 g/mol. The highest BCUT2D eigenvalue weighted by Gasteiger charge is 1.95. The van der Waals surface area contributed by atoms with Gasteiger partial charge in [-0.15, -0.1) is 0 Å². The van der Waals surface area contributed by atoms with Crippen LogP contribution in [0.3, 0.4) is 0 Å². The predicted molar refractivity (Wildman–Crippen MR) is 46.3 cm³/mol. The Labute approximate surface area is 74.5 Å². The molecule has 62 valence electrons. The summed E-state index contributed by atoms with van der Waals surface area (Å²) in [6.45, 7) is 0. The number of hydrogen-bond donors (Lipinski definition) is 0. The van der Waals surface area contributed by atoms with Gasteiger partial charge in [-0.05, 0) is 29.8 Å². The highest BCUT2D eigenvalue weighted by Crippen LogP contribution is 2.08. The fraction of sp³-hybridized carbons (Fsp3) is 0. The largest absolute Gasteiger partial charge is 0.276 e. The third-order valence-electron chi connectivity index (χ3n) is 1.30. The molecule has 0 N–H and O–H groups in total. The quantitative estimate of drug-likeness (QED) is 0.510. The Morgan fingerprint density at radius 3 is 2.67 bits per heavy atom. The van der Waals surface area contributed by atoms with E-state index in [-0.39, 0.29) is 5.82 Å². The number of carbonyl (C=O) groups excluding carboxylic acids is 1. The lowest BCUT2D eigenvalue weighted by atomic mass is 10.2. The van der Waals surface area contributed by atoms with Gasteiger partial charge < -0.3 is 0 Å². The number of rotatable bonds is 2. The van der Waals surface area contributed by atoms with Gasteiger partial charge in [0, 0.05) is 5.56 Å². The van der Waals surface area contributed by atoms with Crippen LogP contribution in [0.25, 0.3) is 6.08 Å². The standard InChI is InChI=1S/C9H6ClFO/c10-9(12)6-5-7-3-1-2-4-8(7)11/h1-6H/b6-5-. The summed E-state index contributed by atoms with van der Waals surface area (Å²) in [5.41, 5.74) is 0.353. The molecule has 0 aromatic heterocycles. The molecule has 0 aliphatic carbocycles. The molecule has 1 rings (SSSR count). The smallest absolute Gasteiger partial charge is 0.245 e. The Morgan fingerprint density at radius 2 is 2.08 bits per heavy atom. The molecular weight excluding hydrogens is 179 g/mol. The third-order valence-corrected chi connectivity index (χ3v) is 1.43. The summed E-state index contributed by atoms with van der Waals surface area (Å²) in [7, 11) is 0. The summed E-state index contributed by atoms with van der Waals surface area (Å²) in [6, 6.07) is 6.14. The number of hydrogen-bond acceptors (Lipinski definition) is 1. The summed E-state index contributed by atoms with van der Waals surface area (Å²) in [5, 5.41) is -0.613. The van der Waals surface area contributed by atoms with Crippen LogP contribution in [0.15, 0.2) is 30.3 Å². The van der Waals surface area contributed by atoms with E-state index in [1.165, 1.54) is 12.1 Å². The lowest BCUT2D eigenvalue weighted by Gasteiger charge is -1.92. The molecule has 0 atom stereocenters. The Balaban J connectivity index is 2.89. The molecule has 0 bridgehead atoms. The van der Waals surface area contributed by atoms with E-state index in [0.717, 1.165) is 6.08 Å². The van der Waals surface area contributed by atoms with Gasteiger partial charge in [0.15, 0.2) is 0 Å². The van der Waals surface area contributed by atoms with E-state index in [1.807, 2.05) is 0 Å². The van der Waals surface area contributed by atoms with Crippen LogP contribution < -0.4 is 0 Å². The molecular formula is C9H6ClFO. The fourth-order valence-corrected chi connectivity index (χ4v) is 0.829. The summed E-state index contributed by atoms with van der Waals surface area (Å²) in [4.78, 5) is 10.3. The molecule has 0 radical (unpaired) electrons. The summed E-state index contributed by atoms with van der Waals surface area (Å²) in [6.07, 6.45) is 2.45. The zero-order chi connectivity index (χ0) is 8.97. The normalized spacial score (nSPS) is 10.5. The minimum atomic E-state index is -0.613. The maximum absolute atomic E-state index is 12.8. The first-order valence-electron chi connectivity index (χ1n) is 3.32. The second-order valence-corrected chi connectivity index (χ2v) is 2.53. The molecule has 0 unspecified atom stereocenters. The van der Waals surface area contributed by atoms with Gasteiger partial charge in [0.2, 0.25) is 5.24 Å². The summed E-state index contributed by atoms with van der Waals surface area (Å²) < 4.78 is 12.8. The lowest BCUT2D eigenvalue weighted by molar-refractivity contribution is -0.107. The molecule has 3 heteroatoms. The van der Waals surface area contributed by atoms with Gasteiger partial charge in [-0.3, -0.25) is 4.79 Å². The first-order valence-corrected chi connectivity index (χ1v) is 3.70. The Hall–Kier alpha value is -1.15. The van der Waals surface area contributed by atoms with Crippen molar-refractivity contribution >= 4 is 22.9 Å². The third kappa shape index (κ3) is 2.47. The SMILES string of the molecule is O=C(Cl)/C=C\c1ccccc1F. The van der Waals surface area contributed by atoms with Crippen LogP contribution in [-0.2, 0) is 4.79 Å². The summed E-state index contributed by atoms with van der Waals surface area (Å²) in [5.74, 6) is -0.369. The molecule has 0 amide bonds. The first-order chi connectivity index (χ1) is 5.70. The fourth-order valence-electron chi connectivity index (χ4n) is 0.766. The molecule has 1 aromatic rings. The average molecular weight is 185 g/mol. The van der Waals surface area contributed by atoms with Crippen LogP contribution in [0.1, 0.15) is 5.56 Å². The number of benzene rings is 1. The van der Waals surface area contributed by atoms with Gasteiger partial charge in [0.05, 0.1) is 0 Å². The van der Waals surface area contributed by atoms with Gasteiger partial charge in [0.25, 0.3) is 0 Å². The molecule has 12 heavy (non-hydrogen) atoms. The van der Waals surface area contributed by atoms with Crippen molar-refractivity contribution in [2.24, 2.45) is 0 Å². The predicted octanol–water partition coefficient (Wildman–Crippen LogP) is 2.60. The number of carbonyl (C=O) groups is 1. The van der Waals surface area contributed by atoms with Crippen molar-refractivity contribution in [3.05, 3.63) is 41.7 Å². The summed E-state index contributed by atoms with van der Waals surface area (Å²) >= 11 is 5.03. The second-order valence-electron chi connectivity index (χ2n) is 2.16. The Morgan fingerprint density at radius 1 is 1.42 bits per heavy atom. The Kier molecular flexibility index (Phi) is 3.00. The highest BCUT2D eigenvalue weighted by molar-refractivity contribution is 6.66. The van der Waals surface area contributed by atoms with Crippen LogP contribution in [0, 0.1) is 5.82 Å². The number of halogens is 2. The Bertz CT molecular complexity index is 320. The van der Waals surface area contributed by atoms with Crippen LogP contribution in [0.2, 0.25) is 0 Å². The van der Waals surface area contributed by atoms with Gasteiger partial charge >= 0.3 is 0 Å². The van der Waals surface area contributed by atoms with Gasteiger partial charge in [0.1, 0.15) is 5.82 Å². The van der Waals surface area contributed by atoms with Crippen molar-refractivity contribution < 1.29 is 9.18 Å². The van der Waals surface area contributed by atoms with Crippen molar-refractivity contribution in [3.63, 3.8) is 0 Å². The van der Waals surface area contributed by atoms with Crippen molar-refractivity contribution in [2.45, 2.75) is 0 Å². The van der Waals surface area contributed by atoms with Gasteiger partial charge in [-0.25, -0.2) is 4.39 Å². The topological polar surface area (TPSA) is 17.1 Å². The van der Waals surface area contributed by atoms with E-state index in [0.29, 0.717) is 5.56 Å². The average Bonchev–Trinajstić information content (AvgIpc) is 2.03. The molecule has 0 saturated carbocycles. The van der Waals surface area contributed by atoms with Crippen molar-refractivity contribution in [1.29, 1.82) is 0 Å². The van der Waals surface area contributed by atoms with Gasteiger partial charge in [-0.2, -0.15) is 0 Å². The van der Waals surface area contributed by atoms with Crippen LogP contribution in [0.4, 0.5) is 4.39 Å². The van der Waals surface area contributed by atoms with E-state index in [2.05, 4.69) is 0 Å². The second kappa shape index (κ2) is 4.02. The maximum Gasteiger partial charge on any atom is 0.245 e. The van der Waals surface area contributed by atoms with Crippen LogP contribution in [0.5, 0.6) is 0 Å². The van der Waals surface area contributed by atoms with E-state index >= 15 is 0 Å².